The molecule has 0 aromatic rings. The summed E-state index contributed by atoms with van der Waals surface area (Å²) in [6.45, 7) is 2.18. The Morgan fingerprint density at radius 1 is 1.25 bits per heavy atom. The highest BCUT2D eigenvalue weighted by Crippen LogP contribution is 2.36. The summed E-state index contributed by atoms with van der Waals surface area (Å²) in [5.74, 6) is 0. The number of carbonyl (C=O) groups is 1. The number of likely N-dealkylation sites (tertiary alicyclic amines) is 1. The molecule has 1 atom stereocenters. The van der Waals surface area contributed by atoms with Crippen molar-refractivity contribution >= 4 is 6.29 Å². The SMILES string of the molecule is O=CC1(CN2CCCC2CO)CCCCC1. The summed E-state index contributed by atoms with van der Waals surface area (Å²) in [7, 11) is 0. The number of nitrogens with zero attached hydrogens (tertiary/aromatic N) is 1. The molecule has 0 radical (unpaired) electrons. The molecule has 1 saturated carbocycles. The third kappa shape index (κ3) is 2.46. The Morgan fingerprint density at radius 3 is 2.62 bits per heavy atom. The van der Waals surface area contributed by atoms with Crippen molar-refractivity contribution in [3.8, 4) is 0 Å². The second kappa shape index (κ2) is 5.28. The quantitative estimate of drug-likeness (QED) is 0.739. The number of aliphatic hydroxyl groups is 1. The molecule has 3 nitrogen and oxygen atoms in total. The van der Waals surface area contributed by atoms with Crippen LogP contribution in [0, 0.1) is 5.41 Å². The first-order chi connectivity index (χ1) is 7.79. The number of carbonyl (C=O) groups excluding carboxylic acids is 1. The molecule has 2 aliphatic rings. The molecule has 3 heteroatoms. The van der Waals surface area contributed by atoms with Gasteiger partial charge in [0.05, 0.1) is 6.61 Å². The highest BCUT2D eigenvalue weighted by atomic mass is 16.3. The zero-order chi connectivity index (χ0) is 11.4. The Balaban J connectivity index is 1.97. The summed E-state index contributed by atoms with van der Waals surface area (Å²) in [6.07, 6.45) is 9.20. The second-order valence-electron chi connectivity index (χ2n) is 5.49. The number of aliphatic hydroxyl groups excluding tert-OH is 1. The molecule has 92 valence electrons. The summed E-state index contributed by atoms with van der Waals surface area (Å²) in [6, 6.07) is 0.304. The van der Waals surface area contributed by atoms with Crippen LogP contribution >= 0.6 is 0 Å². The minimum absolute atomic E-state index is 0.101. The fourth-order valence-corrected chi connectivity index (χ4v) is 3.28. The number of hydrogen-bond acceptors (Lipinski definition) is 3. The van der Waals surface area contributed by atoms with Crippen LogP contribution in [0.1, 0.15) is 44.9 Å². The molecule has 1 saturated heterocycles. The normalized spacial score (nSPS) is 30.4. The minimum atomic E-state index is -0.101. The average molecular weight is 225 g/mol. The first kappa shape index (κ1) is 12.1. The molecule has 1 heterocycles. The Hall–Kier alpha value is -0.410. The molecule has 0 bridgehead atoms. The van der Waals surface area contributed by atoms with E-state index in [1.165, 1.54) is 32.0 Å². The van der Waals surface area contributed by atoms with Crippen LogP contribution in [0.5, 0.6) is 0 Å². The van der Waals surface area contributed by atoms with Crippen LogP contribution < -0.4 is 0 Å². The topological polar surface area (TPSA) is 40.5 Å². The Bertz CT molecular complexity index is 236. The lowest BCUT2D eigenvalue weighted by atomic mass is 9.75. The van der Waals surface area contributed by atoms with Gasteiger partial charge < -0.3 is 9.90 Å². The second-order valence-corrected chi connectivity index (χ2v) is 5.49. The molecule has 1 aliphatic carbocycles. The van der Waals surface area contributed by atoms with Crippen LogP contribution in [-0.2, 0) is 4.79 Å². The molecule has 2 rings (SSSR count). The molecule has 0 aromatic carbocycles. The fourth-order valence-electron chi connectivity index (χ4n) is 3.28. The van der Waals surface area contributed by atoms with Crippen molar-refractivity contribution in [3.05, 3.63) is 0 Å². The summed E-state index contributed by atoms with van der Waals surface area (Å²) in [5, 5.41) is 9.29. The van der Waals surface area contributed by atoms with Gasteiger partial charge in [-0.15, -0.1) is 0 Å². The lowest BCUT2D eigenvalue weighted by molar-refractivity contribution is -0.119. The van der Waals surface area contributed by atoms with Gasteiger partial charge in [0, 0.05) is 18.0 Å². The molecular formula is C13H23NO2. The third-order valence-electron chi connectivity index (χ3n) is 4.33. The number of rotatable bonds is 4. The number of hydrogen-bond donors (Lipinski definition) is 1. The van der Waals surface area contributed by atoms with E-state index in [2.05, 4.69) is 4.90 Å². The maximum atomic E-state index is 11.4. The molecule has 1 aliphatic heterocycles. The summed E-state index contributed by atoms with van der Waals surface area (Å²) in [4.78, 5) is 13.7. The van der Waals surface area contributed by atoms with Crippen molar-refractivity contribution in [2.75, 3.05) is 19.7 Å². The van der Waals surface area contributed by atoms with Gasteiger partial charge in [0.1, 0.15) is 6.29 Å². The van der Waals surface area contributed by atoms with Gasteiger partial charge in [0.2, 0.25) is 0 Å². The van der Waals surface area contributed by atoms with Crippen molar-refractivity contribution in [2.24, 2.45) is 5.41 Å². The van der Waals surface area contributed by atoms with Gasteiger partial charge in [-0.2, -0.15) is 0 Å². The van der Waals surface area contributed by atoms with Crippen LogP contribution in [0.3, 0.4) is 0 Å². The van der Waals surface area contributed by atoms with Gasteiger partial charge in [0.15, 0.2) is 0 Å². The Morgan fingerprint density at radius 2 is 2.00 bits per heavy atom. The van der Waals surface area contributed by atoms with E-state index in [0.717, 1.165) is 32.4 Å². The van der Waals surface area contributed by atoms with E-state index in [1.54, 1.807) is 0 Å². The molecule has 2 fully saturated rings. The maximum Gasteiger partial charge on any atom is 0.127 e. The molecule has 0 amide bonds. The van der Waals surface area contributed by atoms with Gasteiger partial charge in [-0.05, 0) is 32.2 Å². The van der Waals surface area contributed by atoms with E-state index < -0.39 is 0 Å². The first-order valence-corrected chi connectivity index (χ1v) is 6.61. The predicted molar refractivity (Wildman–Crippen MR) is 63.3 cm³/mol. The number of aldehydes is 1. The van der Waals surface area contributed by atoms with E-state index >= 15 is 0 Å². The van der Waals surface area contributed by atoms with Crippen LogP contribution in [0.15, 0.2) is 0 Å². The van der Waals surface area contributed by atoms with E-state index in [-0.39, 0.29) is 12.0 Å². The predicted octanol–water partition coefficient (Wildman–Crippen LogP) is 1.59. The van der Waals surface area contributed by atoms with Crippen molar-refractivity contribution < 1.29 is 9.90 Å². The zero-order valence-corrected chi connectivity index (χ0v) is 10.0. The third-order valence-corrected chi connectivity index (χ3v) is 4.33. The molecule has 1 N–H and O–H groups in total. The molecule has 0 aromatic heterocycles. The lowest BCUT2D eigenvalue weighted by Crippen LogP contribution is -2.43. The molecule has 16 heavy (non-hydrogen) atoms. The van der Waals surface area contributed by atoms with Crippen molar-refractivity contribution in [3.63, 3.8) is 0 Å². The molecular weight excluding hydrogens is 202 g/mol. The van der Waals surface area contributed by atoms with E-state index in [4.69, 9.17) is 0 Å². The van der Waals surface area contributed by atoms with Crippen molar-refractivity contribution in [1.29, 1.82) is 0 Å². The molecule has 0 spiro atoms. The van der Waals surface area contributed by atoms with Gasteiger partial charge in [-0.25, -0.2) is 0 Å². The largest absolute Gasteiger partial charge is 0.395 e. The van der Waals surface area contributed by atoms with Crippen LogP contribution in [0.25, 0.3) is 0 Å². The Kier molecular flexibility index (Phi) is 3.98. The maximum absolute atomic E-state index is 11.4. The van der Waals surface area contributed by atoms with Gasteiger partial charge in [-0.1, -0.05) is 19.3 Å². The van der Waals surface area contributed by atoms with E-state index in [0.29, 0.717) is 6.04 Å². The molecule has 1 unspecified atom stereocenters. The van der Waals surface area contributed by atoms with Crippen molar-refractivity contribution in [1.82, 2.24) is 4.90 Å². The summed E-state index contributed by atoms with van der Waals surface area (Å²) >= 11 is 0. The average Bonchev–Trinajstić information content (AvgIpc) is 2.77. The van der Waals surface area contributed by atoms with Crippen LogP contribution in [0.2, 0.25) is 0 Å². The van der Waals surface area contributed by atoms with E-state index in [1.807, 2.05) is 0 Å². The highest BCUT2D eigenvalue weighted by Gasteiger charge is 2.36. The minimum Gasteiger partial charge on any atom is -0.395 e. The van der Waals surface area contributed by atoms with Gasteiger partial charge in [-0.3, -0.25) is 4.90 Å². The van der Waals surface area contributed by atoms with Crippen LogP contribution in [-0.4, -0.2) is 42.0 Å². The standard InChI is InChI=1S/C13H23NO2/c15-9-12-5-4-8-14(12)10-13(11-16)6-2-1-3-7-13/h11-12,15H,1-10H2. The monoisotopic (exact) mass is 225 g/mol. The van der Waals surface area contributed by atoms with E-state index in [9.17, 15) is 9.90 Å². The fraction of sp³-hybridized carbons (Fsp3) is 0.923. The van der Waals surface area contributed by atoms with Gasteiger partial charge in [0.25, 0.3) is 0 Å². The van der Waals surface area contributed by atoms with Crippen LogP contribution in [0.4, 0.5) is 0 Å². The van der Waals surface area contributed by atoms with Crippen molar-refractivity contribution in [2.45, 2.75) is 51.0 Å². The zero-order valence-electron chi connectivity index (χ0n) is 10.0. The Labute approximate surface area is 97.8 Å². The highest BCUT2D eigenvalue weighted by molar-refractivity contribution is 5.60. The smallest absolute Gasteiger partial charge is 0.127 e. The first-order valence-electron chi connectivity index (χ1n) is 6.61. The van der Waals surface area contributed by atoms with Gasteiger partial charge >= 0.3 is 0 Å². The summed E-state index contributed by atoms with van der Waals surface area (Å²) < 4.78 is 0. The lowest BCUT2D eigenvalue weighted by Gasteiger charge is -2.37. The summed E-state index contributed by atoms with van der Waals surface area (Å²) in [5.41, 5.74) is -0.101.